The van der Waals surface area contributed by atoms with Crippen molar-refractivity contribution in [3.8, 4) is 0 Å². The van der Waals surface area contributed by atoms with Crippen LogP contribution in [0.25, 0.3) is 10.8 Å². The van der Waals surface area contributed by atoms with Gasteiger partial charge < -0.3 is 25.2 Å². The van der Waals surface area contributed by atoms with Crippen LogP contribution in [0.4, 0.5) is 0 Å². The molecule has 1 saturated heterocycles. The average molecular weight is 462 g/mol. The molecule has 3 fully saturated rings. The van der Waals surface area contributed by atoms with E-state index in [9.17, 15) is 20.4 Å². The van der Waals surface area contributed by atoms with Crippen LogP contribution in [-0.2, 0) is 4.74 Å². The highest BCUT2D eigenvalue weighted by Crippen LogP contribution is 2.69. The molecule has 5 aliphatic rings. The number of hydrogen-bond donors (Lipinski definition) is 4. The van der Waals surface area contributed by atoms with Gasteiger partial charge in [0.1, 0.15) is 12.2 Å². The monoisotopic (exact) mass is 461 g/mol. The number of nitrogens with zero attached hydrogens (tertiary/aromatic N) is 1. The summed E-state index contributed by atoms with van der Waals surface area (Å²) in [5.41, 5.74) is 1.43. The zero-order valence-electron chi connectivity index (χ0n) is 19.3. The van der Waals surface area contributed by atoms with Crippen molar-refractivity contribution >= 4 is 10.8 Å². The molecule has 1 aromatic carbocycles. The van der Waals surface area contributed by atoms with Gasteiger partial charge in [0.2, 0.25) is 0 Å². The van der Waals surface area contributed by atoms with Crippen molar-refractivity contribution in [3.05, 3.63) is 65.5 Å². The van der Waals surface area contributed by atoms with Gasteiger partial charge in [-0.2, -0.15) is 0 Å². The molecule has 6 nitrogen and oxygen atoms in total. The number of pyridine rings is 1. The Balaban J connectivity index is 1.33. The summed E-state index contributed by atoms with van der Waals surface area (Å²) in [7, 11) is 0. The molecule has 0 radical (unpaired) electrons. The number of benzene rings is 1. The van der Waals surface area contributed by atoms with Crippen molar-refractivity contribution in [2.75, 3.05) is 0 Å². The van der Waals surface area contributed by atoms with Gasteiger partial charge in [0.05, 0.1) is 23.4 Å². The molecule has 3 aliphatic carbocycles. The first kappa shape index (κ1) is 21.2. The highest BCUT2D eigenvalue weighted by atomic mass is 16.5. The first-order chi connectivity index (χ1) is 16.3. The Hall–Kier alpha value is -2.09. The number of aliphatic hydroxyl groups is 4. The Morgan fingerprint density at radius 2 is 1.88 bits per heavy atom. The van der Waals surface area contributed by atoms with Crippen molar-refractivity contribution in [1.82, 2.24) is 4.98 Å². The van der Waals surface area contributed by atoms with Crippen LogP contribution >= 0.6 is 0 Å². The van der Waals surface area contributed by atoms with Crippen molar-refractivity contribution in [2.45, 2.75) is 80.6 Å². The van der Waals surface area contributed by atoms with Gasteiger partial charge in [0.15, 0.2) is 0 Å². The molecule has 2 spiro atoms. The summed E-state index contributed by atoms with van der Waals surface area (Å²) >= 11 is 0. The lowest BCUT2D eigenvalue weighted by Gasteiger charge is -2.55. The Labute approximate surface area is 198 Å². The van der Waals surface area contributed by atoms with Gasteiger partial charge in [0, 0.05) is 36.0 Å². The lowest BCUT2D eigenvalue weighted by molar-refractivity contribution is -0.176. The highest BCUT2D eigenvalue weighted by molar-refractivity contribution is 5.82. The van der Waals surface area contributed by atoms with E-state index in [0.29, 0.717) is 24.8 Å². The molecule has 2 aromatic rings. The number of fused-ring (bicyclic) bond motifs is 2. The maximum atomic E-state index is 11.5. The topological polar surface area (TPSA) is 103 Å². The van der Waals surface area contributed by atoms with Crippen molar-refractivity contribution in [3.63, 3.8) is 0 Å². The summed E-state index contributed by atoms with van der Waals surface area (Å²) in [6.45, 7) is 2.29. The standard InChI is InChI=1S/C28H31NO5/c1-26-6-4-18-11-19-24(32)25(33)21(31)13-27(19)7-8-28(18,34-27)22(26)12-20(30)23(26)16-3-2-15-5-9-29-14-17(15)10-16/h2-5,9-11,14,20-25,30-33H,6-8,12-13H2,1H3/t20-,21+,22-,23?,24+,25+,26+,27-,28?/m1/s1. The average Bonchev–Trinajstić information content (AvgIpc) is 3.29. The minimum absolute atomic E-state index is 0.0239. The third-order valence-electron chi connectivity index (χ3n) is 9.90. The van der Waals surface area contributed by atoms with Gasteiger partial charge in [-0.3, -0.25) is 4.98 Å². The number of aromatic nitrogens is 1. The molecule has 4 N–H and O–H groups in total. The molecular formula is C28H31NO5. The van der Waals surface area contributed by atoms with Crippen LogP contribution in [0, 0.1) is 11.3 Å². The summed E-state index contributed by atoms with van der Waals surface area (Å²) in [5, 5.41) is 45.2. The van der Waals surface area contributed by atoms with Crippen LogP contribution in [0.2, 0.25) is 0 Å². The summed E-state index contributed by atoms with van der Waals surface area (Å²) < 4.78 is 6.96. The Bertz CT molecular complexity index is 1260. The predicted molar refractivity (Wildman–Crippen MR) is 126 cm³/mol. The van der Waals surface area contributed by atoms with Crippen LogP contribution in [-0.4, -0.2) is 61.0 Å². The molecular weight excluding hydrogens is 430 g/mol. The molecule has 9 atom stereocenters. The second kappa shape index (κ2) is 6.77. The number of rotatable bonds is 1. The number of ether oxygens (including phenoxy) is 1. The maximum absolute atomic E-state index is 11.5. The summed E-state index contributed by atoms with van der Waals surface area (Å²) in [4.78, 5) is 4.28. The van der Waals surface area contributed by atoms with E-state index in [1.165, 1.54) is 0 Å². The predicted octanol–water partition coefficient (Wildman–Crippen LogP) is 2.75. The fraction of sp³-hybridized carbons (Fsp3) is 0.536. The SMILES string of the molecule is C[C@]12CC=C3C=C4[C@H](O)[C@@H](O)[C@@H](O)C[C@]45CCC3(O5)[C@@H]1C[C@@H](O)C2c1ccc2ccncc2c1. The van der Waals surface area contributed by atoms with Crippen LogP contribution in [0.1, 0.15) is 50.5 Å². The largest absolute Gasteiger partial charge is 0.392 e. The van der Waals surface area contributed by atoms with E-state index in [1.807, 2.05) is 18.3 Å². The van der Waals surface area contributed by atoms with Gasteiger partial charge in [0.25, 0.3) is 0 Å². The second-order valence-electron chi connectivity index (χ2n) is 11.5. The van der Waals surface area contributed by atoms with Crippen molar-refractivity contribution in [1.29, 1.82) is 0 Å². The van der Waals surface area contributed by atoms with Gasteiger partial charge in [-0.05, 0) is 65.3 Å². The van der Waals surface area contributed by atoms with Gasteiger partial charge in [-0.15, -0.1) is 0 Å². The van der Waals surface area contributed by atoms with Crippen LogP contribution < -0.4 is 0 Å². The number of allylic oxidation sites excluding steroid dienone is 1. The molecule has 0 amide bonds. The molecule has 2 bridgehead atoms. The minimum atomic E-state index is -1.19. The van der Waals surface area contributed by atoms with Crippen molar-refractivity contribution < 1.29 is 25.2 Å². The molecule has 2 aliphatic heterocycles. The summed E-state index contributed by atoms with van der Waals surface area (Å²) in [6, 6.07) is 8.44. The number of aliphatic hydroxyl groups excluding tert-OH is 4. The third-order valence-corrected chi connectivity index (χ3v) is 9.90. The van der Waals surface area contributed by atoms with E-state index in [2.05, 4.69) is 36.2 Å². The molecule has 2 saturated carbocycles. The van der Waals surface area contributed by atoms with Crippen molar-refractivity contribution in [2.24, 2.45) is 11.3 Å². The Morgan fingerprint density at radius 1 is 1.03 bits per heavy atom. The van der Waals surface area contributed by atoms with E-state index >= 15 is 0 Å². The molecule has 6 heteroatoms. The van der Waals surface area contributed by atoms with Gasteiger partial charge in [-0.1, -0.05) is 31.2 Å². The highest BCUT2D eigenvalue weighted by Gasteiger charge is 2.69. The fourth-order valence-electron chi connectivity index (χ4n) is 8.34. The third kappa shape index (κ3) is 2.50. The molecule has 1 aromatic heterocycles. The van der Waals surface area contributed by atoms with Crippen LogP contribution in [0.5, 0.6) is 0 Å². The van der Waals surface area contributed by atoms with E-state index in [4.69, 9.17) is 4.74 Å². The molecule has 178 valence electrons. The molecule has 7 rings (SSSR count). The molecule has 2 unspecified atom stereocenters. The zero-order valence-corrected chi connectivity index (χ0v) is 19.3. The van der Waals surface area contributed by atoms with Crippen LogP contribution in [0.3, 0.4) is 0 Å². The van der Waals surface area contributed by atoms with Gasteiger partial charge >= 0.3 is 0 Å². The van der Waals surface area contributed by atoms with E-state index < -0.39 is 35.6 Å². The lowest BCUT2D eigenvalue weighted by atomic mass is 9.58. The first-order valence-electron chi connectivity index (χ1n) is 12.5. The zero-order chi connectivity index (χ0) is 23.5. The van der Waals surface area contributed by atoms with E-state index in [1.54, 1.807) is 6.20 Å². The smallest absolute Gasteiger partial charge is 0.110 e. The summed E-state index contributed by atoms with van der Waals surface area (Å²) in [5.74, 6) is 0.0899. The molecule has 3 heterocycles. The Kier molecular flexibility index (Phi) is 4.22. The summed E-state index contributed by atoms with van der Waals surface area (Å²) in [6.07, 6.45) is 7.37. The van der Waals surface area contributed by atoms with E-state index in [-0.39, 0.29) is 17.3 Å². The normalized spacial score (nSPS) is 47.0. The molecule has 34 heavy (non-hydrogen) atoms. The fourth-order valence-corrected chi connectivity index (χ4v) is 8.34. The maximum Gasteiger partial charge on any atom is 0.110 e. The quantitative estimate of drug-likeness (QED) is 0.521. The van der Waals surface area contributed by atoms with E-state index in [0.717, 1.165) is 34.8 Å². The van der Waals surface area contributed by atoms with Crippen LogP contribution in [0.15, 0.2) is 60.0 Å². The number of hydrogen-bond acceptors (Lipinski definition) is 6. The minimum Gasteiger partial charge on any atom is -0.392 e. The Morgan fingerprint density at radius 3 is 2.74 bits per heavy atom. The first-order valence-corrected chi connectivity index (χ1v) is 12.5. The van der Waals surface area contributed by atoms with Gasteiger partial charge in [-0.25, -0.2) is 0 Å². The lowest BCUT2D eigenvalue weighted by Crippen LogP contribution is -2.59. The second-order valence-corrected chi connectivity index (χ2v) is 11.5.